The van der Waals surface area contributed by atoms with Gasteiger partial charge < -0.3 is 19.5 Å². The lowest BCUT2D eigenvalue weighted by Gasteiger charge is -2.08. The van der Waals surface area contributed by atoms with Crippen LogP contribution in [0.5, 0.6) is 17.2 Å². The van der Waals surface area contributed by atoms with Crippen LogP contribution in [0.1, 0.15) is 5.56 Å². The Hall–Kier alpha value is -3.00. The number of fused-ring (bicyclic) bond motifs is 1. The van der Waals surface area contributed by atoms with E-state index in [1.807, 2.05) is 6.07 Å². The fourth-order valence-corrected chi connectivity index (χ4v) is 2.42. The number of rotatable bonds is 6. The van der Waals surface area contributed by atoms with Gasteiger partial charge in [-0.1, -0.05) is 17.7 Å². The van der Waals surface area contributed by atoms with Crippen LogP contribution in [-0.2, 0) is 11.3 Å². The molecule has 130 valence electrons. The lowest BCUT2D eigenvalue weighted by Crippen LogP contribution is -2.28. The van der Waals surface area contributed by atoms with Gasteiger partial charge in [0.25, 0.3) is 11.6 Å². The van der Waals surface area contributed by atoms with Crippen molar-refractivity contribution in [2.75, 3.05) is 13.4 Å². The molecular formula is C16H13ClN2O6. The van der Waals surface area contributed by atoms with E-state index in [0.717, 1.165) is 5.56 Å². The summed E-state index contributed by atoms with van der Waals surface area (Å²) in [4.78, 5) is 21.9. The topological polar surface area (TPSA) is 99.9 Å². The van der Waals surface area contributed by atoms with Crippen LogP contribution in [0.4, 0.5) is 5.69 Å². The number of ether oxygens (including phenoxy) is 3. The number of amides is 1. The first-order valence-electron chi connectivity index (χ1n) is 7.25. The summed E-state index contributed by atoms with van der Waals surface area (Å²) in [6.45, 7) is 0.259. The fourth-order valence-electron chi connectivity index (χ4n) is 2.18. The number of halogens is 1. The number of carbonyl (C=O) groups excluding carboxylic acids is 1. The first-order valence-corrected chi connectivity index (χ1v) is 7.62. The van der Waals surface area contributed by atoms with Crippen LogP contribution in [0.3, 0.4) is 0 Å². The zero-order chi connectivity index (χ0) is 17.8. The average molecular weight is 365 g/mol. The summed E-state index contributed by atoms with van der Waals surface area (Å²) in [5, 5.41) is 13.3. The Balaban J connectivity index is 1.50. The Labute approximate surface area is 147 Å². The van der Waals surface area contributed by atoms with Gasteiger partial charge in [-0.25, -0.2) is 0 Å². The van der Waals surface area contributed by atoms with Gasteiger partial charge in [0.15, 0.2) is 18.1 Å². The van der Waals surface area contributed by atoms with Crippen LogP contribution in [0, 0.1) is 10.1 Å². The first kappa shape index (κ1) is 16.8. The van der Waals surface area contributed by atoms with Gasteiger partial charge in [-0.3, -0.25) is 14.9 Å². The van der Waals surface area contributed by atoms with E-state index >= 15 is 0 Å². The minimum absolute atomic E-state index is 0.0525. The van der Waals surface area contributed by atoms with Crippen LogP contribution in [-0.4, -0.2) is 24.2 Å². The van der Waals surface area contributed by atoms with Gasteiger partial charge >= 0.3 is 0 Å². The highest BCUT2D eigenvalue weighted by molar-refractivity contribution is 6.32. The Morgan fingerprint density at radius 1 is 1.24 bits per heavy atom. The van der Waals surface area contributed by atoms with Crippen molar-refractivity contribution < 1.29 is 23.9 Å². The molecule has 0 saturated heterocycles. The third-order valence-electron chi connectivity index (χ3n) is 3.41. The number of nitrogens with zero attached hydrogens (tertiary/aromatic N) is 1. The second-order valence-electron chi connectivity index (χ2n) is 5.12. The van der Waals surface area contributed by atoms with Gasteiger partial charge in [0, 0.05) is 18.7 Å². The molecule has 1 aliphatic heterocycles. The maximum Gasteiger partial charge on any atom is 0.288 e. The maximum absolute atomic E-state index is 11.9. The summed E-state index contributed by atoms with van der Waals surface area (Å²) in [6.07, 6.45) is 0. The van der Waals surface area contributed by atoms with Crippen molar-refractivity contribution in [3.05, 3.63) is 57.1 Å². The molecule has 1 N–H and O–H groups in total. The van der Waals surface area contributed by atoms with Gasteiger partial charge in [-0.05, 0) is 23.8 Å². The predicted octanol–water partition coefficient (Wildman–Crippen LogP) is 2.67. The van der Waals surface area contributed by atoms with Gasteiger partial charge in [0.1, 0.15) is 10.8 Å². The molecular weight excluding hydrogens is 352 g/mol. The van der Waals surface area contributed by atoms with Crippen molar-refractivity contribution in [3.8, 4) is 17.2 Å². The molecule has 1 heterocycles. The maximum atomic E-state index is 11.9. The van der Waals surface area contributed by atoms with Gasteiger partial charge in [0.2, 0.25) is 6.79 Å². The van der Waals surface area contributed by atoms with Gasteiger partial charge in [-0.2, -0.15) is 0 Å². The number of nitro benzene ring substituents is 1. The molecule has 0 unspecified atom stereocenters. The van der Waals surface area contributed by atoms with E-state index in [1.165, 1.54) is 18.2 Å². The second-order valence-corrected chi connectivity index (χ2v) is 5.53. The number of hydrogen-bond acceptors (Lipinski definition) is 6. The summed E-state index contributed by atoms with van der Waals surface area (Å²) in [7, 11) is 0. The predicted molar refractivity (Wildman–Crippen MR) is 88.0 cm³/mol. The zero-order valence-corrected chi connectivity index (χ0v) is 13.6. The molecule has 3 rings (SSSR count). The number of carbonyl (C=O) groups is 1. The second kappa shape index (κ2) is 7.27. The van der Waals surface area contributed by atoms with Crippen LogP contribution in [0.2, 0.25) is 5.02 Å². The van der Waals surface area contributed by atoms with Crippen LogP contribution >= 0.6 is 11.6 Å². The van der Waals surface area contributed by atoms with Crippen molar-refractivity contribution in [1.29, 1.82) is 0 Å². The van der Waals surface area contributed by atoms with E-state index in [0.29, 0.717) is 18.0 Å². The molecule has 0 aliphatic carbocycles. The molecule has 0 aromatic heterocycles. The molecule has 1 aliphatic rings. The molecule has 2 aromatic rings. The number of nitrogens with one attached hydrogen (secondary N) is 1. The summed E-state index contributed by atoms with van der Waals surface area (Å²) >= 11 is 5.78. The van der Waals surface area contributed by atoms with E-state index in [4.69, 9.17) is 25.8 Å². The molecule has 0 atom stereocenters. The molecule has 25 heavy (non-hydrogen) atoms. The molecule has 8 nitrogen and oxygen atoms in total. The van der Waals surface area contributed by atoms with Crippen molar-refractivity contribution in [3.63, 3.8) is 0 Å². The molecule has 0 radical (unpaired) electrons. The first-order chi connectivity index (χ1) is 12.0. The molecule has 0 bridgehead atoms. The van der Waals surface area contributed by atoms with Gasteiger partial charge in [0.05, 0.1) is 4.92 Å². The van der Waals surface area contributed by atoms with Crippen molar-refractivity contribution in [2.45, 2.75) is 6.54 Å². The van der Waals surface area contributed by atoms with E-state index in [1.54, 1.807) is 12.1 Å². The molecule has 0 saturated carbocycles. The Morgan fingerprint density at radius 2 is 2.04 bits per heavy atom. The lowest BCUT2D eigenvalue weighted by atomic mass is 10.2. The molecule has 0 fully saturated rings. The molecule has 2 aromatic carbocycles. The summed E-state index contributed by atoms with van der Waals surface area (Å²) in [5.74, 6) is 1.25. The van der Waals surface area contributed by atoms with Crippen molar-refractivity contribution in [2.24, 2.45) is 0 Å². The Bertz CT molecular complexity index is 826. The standard InChI is InChI=1S/C16H13ClN2O6/c17-12-6-11(2-3-13(12)19(21)22)23-8-16(20)18-7-10-1-4-14-15(5-10)25-9-24-14/h1-6H,7-9H2,(H,18,20). The van der Waals surface area contributed by atoms with Crippen LogP contribution in [0.15, 0.2) is 36.4 Å². The van der Waals surface area contributed by atoms with Crippen molar-refractivity contribution in [1.82, 2.24) is 5.32 Å². The third-order valence-corrected chi connectivity index (χ3v) is 3.72. The Morgan fingerprint density at radius 3 is 2.80 bits per heavy atom. The number of benzene rings is 2. The van der Waals surface area contributed by atoms with E-state index in [2.05, 4.69) is 5.32 Å². The van der Waals surface area contributed by atoms with E-state index in [9.17, 15) is 14.9 Å². The van der Waals surface area contributed by atoms with Gasteiger partial charge in [-0.15, -0.1) is 0 Å². The fraction of sp³-hybridized carbons (Fsp3) is 0.188. The van der Waals surface area contributed by atoms with Crippen molar-refractivity contribution >= 4 is 23.2 Å². The normalized spacial score (nSPS) is 11.9. The number of nitro groups is 1. The number of hydrogen-bond donors (Lipinski definition) is 1. The molecule has 1 amide bonds. The smallest absolute Gasteiger partial charge is 0.288 e. The summed E-state index contributed by atoms with van der Waals surface area (Å²) in [5.41, 5.74) is 0.636. The highest BCUT2D eigenvalue weighted by Gasteiger charge is 2.14. The minimum Gasteiger partial charge on any atom is -0.484 e. The summed E-state index contributed by atoms with van der Waals surface area (Å²) in [6, 6.07) is 9.30. The molecule has 0 spiro atoms. The summed E-state index contributed by atoms with van der Waals surface area (Å²) < 4.78 is 15.8. The van der Waals surface area contributed by atoms with Crippen LogP contribution in [0.25, 0.3) is 0 Å². The Kier molecular flexibility index (Phi) is 4.90. The highest BCUT2D eigenvalue weighted by Crippen LogP contribution is 2.32. The monoisotopic (exact) mass is 364 g/mol. The van der Waals surface area contributed by atoms with Crippen LogP contribution < -0.4 is 19.5 Å². The SMILES string of the molecule is O=C(COc1ccc([N+](=O)[O-])c(Cl)c1)NCc1ccc2c(c1)OCO2. The van der Waals surface area contributed by atoms with E-state index < -0.39 is 4.92 Å². The zero-order valence-electron chi connectivity index (χ0n) is 12.9. The highest BCUT2D eigenvalue weighted by atomic mass is 35.5. The quantitative estimate of drug-likeness (QED) is 0.624. The third kappa shape index (κ3) is 4.10. The minimum atomic E-state index is -0.593. The largest absolute Gasteiger partial charge is 0.484 e. The average Bonchev–Trinajstić information content (AvgIpc) is 3.05. The lowest BCUT2D eigenvalue weighted by molar-refractivity contribution is -0.384. The van der Waals surface area contributed by atoms with E-state index in [-0.39, 0.29) is 35.8 Å². The molecule has 9 heteroatoms.